The predicted octanol–water partition coefficient (Wildman–Crippen LogP) is 2.66. The van der Waals surface area contributed by atoms with Gasteiger partial charge < -0.3 is 4.90 Å². The summed E-state index contributed by atoms with van der Waals surface area (Å²) in [4.78, 5) is 14.7. The molecule has 0 aromatic heterocycles. The lowest BCUT2D eigenvalue weighted by molar-refractivity contribution is -0.133. The minimum Gasteiger partial charge on any atom is -0.326 e. The molecule has 2 rings (SSSR count). The molecule has 1 aliphatic carbocycles. The molecule has 1 saturated carbocycles. The van der Waals surface area contributed by atoms with Gasteiger partial charge in [0.15, 0.2) is 0 Å². The third-order valence-electron chi connectivity index (χ3n) is 4.34. The highest BCUT2D eigenvalue weighted by molar-refractivity contribution is 5.89. The predicted molar refractivity (Wildman–Crippen MR) is 69.7 cm³/mol. The molecule has 1 spiro atoms. The largest absolute Gasteiger partial charge is 0.326 e. The minimum atomic E-state index is -0.174. The summed E-state index contributed by atoms with van der Waals surface area (Å²) in [7, 11) is 0. The van der Waals surface area contributed by atoms with Gasteiger partial charge in [0.05, 0.1) is 11.7 Å². The highest BCUT2D eigenvalue weighted by Gasteiger charge is 2.51. The molecule has 3 heteroatoms. The molecule has 1 aliphatic heterocycles. The van der Waals surface area contributed by atoms with E-state index >= 15 is 0 Å². The van der Waals surface area contributed by atoms with Crippen LogP contribution in [0, 0.1) is 0 Å². The van der Waals surface area contributed by atoms with Crippen molar-refractivity contribution in [2.75, 3.05) is 6.54 Å². The van der Waals surface area contributed by atoms with E-state index in [-0.39, 0.29) is 11.7 Å². The molecule has 1 saturated heterocycles. The third kappa shape index (κ3) is 2.35. The molecule has 0 aromatic carbocycles. The van der Waals surface area contributed by atoms with Gasteiger partial charge in [0.25, 0.3) is 0 Å². The number of carbonyl (C=O) groups is 1. The highest BCUT2D eigenvalue weighted by Crippen LogP contribution is 2.37. The van der Waals surface area contributed by atoms with Crippen molar-refractivity contribution >= 4 is 5.91 Å². The summed E-state index contributed by atoms with van der Waals surface area (Å²) in [6.45, 7) is 5.32. The zero-order valence-electron chi connectivity index (χ0n) is 11.3. The lowest BCUT2D eigenvalue weighted by atomic mass is 9.98. The lowest BCUT2D eigenvalue weighted by Crippen LogP contribution is -2.44. The second-order valence-corrected chi connectivity index (χ2v) is 5.56. The van der Waals surface area contributed by atoms with Crippen LogP contribution in [0.3, 0.4) is 0 Å². The van der Waals surface area contributed by atoms with E-state index < -0.39 is 0 Å². The van der Waals surface area contributed by atoms with Gasteiger partial charge in [-0.1, -0.05) is 39.5 Å². The molecule has 1 heterocycles. The van der Waals surface area contributed by atoms with Crippen LogP contribution in [0.25, 0.3) is 0 Å². The first-order valence-corrected chi connectivity index (χ1v) is 7.32. The van der Waals surface area contributed by atoms with Crippen molar-refractivity contribution in [2.45, 2.75) is 76.9 Å². The van der Waals surface area contributed by atoms with Gasteiger partial charge >= 0.3 is 0 Å². The summed E-state index contributed by atoms with van der Waals surface area (Å²) in [5, 5.41) is 3.62. The van der Waals surface area contributed by atoms with Crippen LogP contribution in [0.2, 0.25) is 0 Å². The Hall–Kier alpha value is -0.570. The number of hydrogen-bond acceptors (Lipinski definition) is 2. The molecule has 3 nitrogen and oxygen atoms in total. The summed E-state index contributed by atoms with van der Waals surface area (Å²) in [6, 6.07) is 0. The van der Waals surface area contributed by atoms with E-state index in [1.165, 1.54) is 25.7 Å². The van der Waals surface area contributed by atoms with Gasteiger partial charge in [-0.15, -0.1) is 0 Å². The molecule has 0 aromatic rings. The summed E-state index contributed by atoms with van der Waals surface area (Å²) in [6.07, 6.45) is 9.42. The van der Waals surface area contributed by atoms with Crippen LogP contribution in [-0.2, 0) is 4.79 Å². The Labute approximate surface area is 105 Å². The standard InChI is InChI=1S/C14H26N2O/c1-3-5-8-11-16-12(4-2)15-14(13(16)17)9-6-7-10-14/h12,15H,3-11H2,1-2H3. The van der Waals surface area contributed by atoms with Gasteiger partial charge in [-0.2, -0.15) is 0 Å². The van der Waals surface area contributed by atoms with Crippen molar-refractivity contribution in [1.29, 1.82) is 0 Å². The molecule has 1 atom stereocenters. The number of nitrogens with zero attached hydrogens (tertiary/aromatic N) is 1. The Balaban J connectivity index is 2.01. The fraction of sp³-hybridized carbons (Fsp3) is 0.929. The van der Waals surface area contributed by atoms with E-state index in [9.17, 15) is 4.79 Å². The molecule has 1 amide bonds. The fourth-order valence-corrected chi connectivity index (χ4v) is 3.32. The van der Waals surface area contributed by atoms with Gasteiger partial charge in [0.2, 0.25) is 5.91 Å². The average Bonchev–Trinajstić information content (AvgIpc) is 2.90. The second-order valence-electron chi connectivity index (χ2n) is 5.56. The summed E-state index contributed by atoms with van der Waals surface area (Å²) in [5.74, 6) is 0.387. The Morgan fingerprint density at radius 3 is 2.59 bits per heavy atom. The van der Waals surface area contributed by atoms with Gasteiger partial charge in [0.1, 0.15) is 0 Å². The van der Waals surface area contributed by atoms with Crippen molar-refractivity contribution < 1.29 is 4.79 Å². The smallest absolute Gasteiger partial charge is 0.244 e. The van der Waals surface area contributed by atoms with Crippen LogP contribution in [0.15, 0.2) is 0 Å². The lowest BCUT2D eigenvalue weighted by Gasteiger charge is -2.23. The fourth-order valence-electron chi connectivity index (χ4n) is 3.32. The van der Waals surface area contributed by atoms with E-state index in [2.05, 4.69) is 24.1 Å². The quantitative estimate of drug-likeness (QED) is 0.747. The van der Waals surface area contributed by atoms with E-state index in [4.69, 9.17) is 0 Å². The number of carbonyl (C=O) groups excluding carboxylic acids is 1. The maximum Gasteiger partial charge on any atom is 0.244 e. The molecule has 0 bridgehead atoms. The maximum absolute atomic E-state index is 12.6. The molecule has 1 N–H and O–H groups in total. The Morgan fingerprint density at radius 1 is 1.29 bits per heavy atom. The summed E-state index contributed by atoms with van der Waals surface area (Å²) < 4.78 is 0. The summed E-state index contributed by atoms with van der Waals surface area (Å²) >= 11 is 0. The first-order chi connectivity index (χ1) is 8.23. The molecule has 1 unspecified atom stereocenters. The van der Waals surface area contributed by atoms with E-state index in [1.807, 2.05) is 0 Å². The van der Waals surface area contributed by atoms with Gasteiger partial charge in [-0.05, 0) is 25.7 Å². The van der Waals surface area contributed by atoms with Crippen molar-refractivity contribution in [3.8, 4) is 0 Å². The van der Waals surface area contributed by atoms with Crippen LogP contribution >= 0.6 is 0 Å². The Bertz CT molecular complexity index is 271. The third-order valence-corrected chi connectivity index (χ3v) is 4.34. The Morgan fingerprint density at radius 2 is 2.00 bits per heavy atom. The van der Waals surface area contributed by atoms with Gasteiger partial charge in [0, 0.05) is 6.54 Å². The highest BCUT2D eigenvalue weighted by atomic mass is 16.2. The zero-order chi connectivity index (χ0) is 12.3. The SMILES string of the molecule is CCCCCN1C(=O)C2(CCCC2)NC1CC. The second kappa shape index (κ2) is 5.38. The maximum atomic E-state index is 12.6. The normalized spacial score (nSPS) is 27.3. The van der Waals surface area contributed by atoms with Gasteiger partial charge in [-0.3, -0.25) is 10.1 Å². The molecular weight excluding hydrogens is 212 g/mol. The molecule has 98 valence electrons. The van der Waals surface area contributed by atoms with Crippen LogP contribution in [0.4, 0.5) is 0 Å². The first-order valence-electron chi connectivity index (χ1n) is 7.32. The van der Waals surface area contributed by atoms with Crippen LogP contribution in [0.5, 0.6) is 0 Å². The Kier molecular flexibility index (Phi) is 4.08. The van der Waals surface area contributed by atoms with Crippen molar-refractivity contribution in [1.82, 2.24) is 10.2 Å². The average molecular weight is 238 g/mol. The number of unbranched alkanes of at least 4 members (excludes halogenated alkanes) is 2. The zero-order valence-corrected chi connectivity index (χ0v) is 11.3. The minimum absolute atomic E-state index is 0.174. The topological polar surface area (TPSA) is 32.3 Å². The molecule has 0 radical (unpaired) electrons. The van der Waals surface area contributed by atoms with Crippen molar-refractivity contribution in [3.63, 3.8) is 0 Å². The molecular formula is C14H26N2O. The van der Waals surface area contributed by atoms with Crippen LogP contribution in [0.1, 0.15) is 65.2 Å². The van der Waals surface area contributed by atoms with Crippen molar-refractivity contribution in [3.05, 3.63) is 0 Å². The summed E-state index contributed by atoms with van der Waals surface area (Å²) in [5.41, 5.74) is -0.174. The number of hydrogen-bond donors (Lipinski definition) is 1. The van der Waals surface area contributed by atoms with E-state index in [1.54, 1.807) is 0 Å². The van der Waals surface area contributed by atoms with E-state index in [0.717, 1.165) is 32.2 Å². The van der Waals surface area contributed by atoms with Crippen LogP contribution in [-0.4, -0.2) is 29.1 Å². The number of amides is 1. The first kappa shape index (κ1) is 12.9. The molecule has 2 fully saturated rings. The monoisotopic (exact) mass is 238 g/mol. The molecule has 17 heavy (non-hydrogen) atoms. The van der Waals surface area contributed by atoms with Crippen molar-refractivity contribution in [2.24, 2.45) is 0 Å². The van der Waals surface area contributed by atoms with Crippen LogP contribution < -0.4 is 5.32 Å². The number of nitrogens with one attached hydrogen (secondary N) is 1. The molecule has 2 aliphatic rings. The number of rotatable bonds is 5. The van der Waals surface area contributed by atoms with E-state index in [0.29, 0.717) is 5.91 Å². The van der Waals surface area contributed by atoms with Gasteiger partial charge in [-0.25, -0.2) is 0 Å².